The first-order chi connectivity index (χ1) is 13.0. The molecule has 9 heteroatoms. The van der Waals surface area contributed by atoms with Gasteiger partial charge in [0.2, 0.25) is 0 Å². The van der Waals surface area contributed by atoms with Gasteiger partial charge in [0.25, 0.3) is 11.6 Å². The van der Waals surface area contributed by atoms with Gasteiger partial charge in [0.15, 0.2) is 0 Å². The Hall–Kier alpha value is -2.49. The quantitative estimate of drug-likeness (QED) is 0.226. The summed E-state index contributed by atoms with van der Waals surface area (Å²) < 4.78 is 11.2. The maximum Gasteiger partial charge on any atom is 0.270 e. The van der Waals surface area contributed by atoms with Gasteiger partial charge >= 0.3 is 0 Å². The van der Waals surface area contributed by atoms with Crippen LogP contribution in [0.25, 0.3) is 17.4 Å². The molecule has 7 nitrogen and oxygen atoms in total. The zero-order chi connectivity index (χ0) is 19.4. The van der Waals surface area contributed by atoms with E-state index in [1.807, 2.05) is 0 Å². The van der Waals surface area contributed by atoms with E-state index in [4.69, 9.17) is 21.4 Å². The molecule has 1 aromatic carbocycles. The largest absolute Gasteiger partial charge is 0.457 e. The summed E-state index contributed by atoms with van der Waals surface area (Å²) in [5.41, 5.74) is 0.582. The monoisotopic (exact) mass is 404 g/mol. The summed E-state index contributed by atoms with van der Waals surface area (Å²) in [4.78, 5) is 25.0. The minimum Gasteiger partial charge on any atom is -0.457 e. The first-order valence-electron chi connectivity index (χ1n) is 8.08. The summed E-state index contributed by atoms with van der Waals surface area (Å²) >= 11 is 6.50. The van der Waals surface area contributed by atoms with Gasteiger partial charge in [-0.2, -0.15) is 0 Å². The standard InChI is InChI=1S/C18H16N2O5S2/c1-24-9-3-8-19-17(21)16(27-18(19)26)11-14-6-7-15(25-14)12-4-2-5-13(10-12)20(22)23/h2,4-7,10-11H,3,8-9H2,1H3. The van der Waals surface area contributed by atoms with Crippen LogP contribution in [0.1, 0.15) is 12.2 Å². The van der Waals surface area contributed by atoms with Gasteiger partial charge in [-0.25, -0.2) is 0 Å². The zero-order valence-electron chi connectivity index (χ0n) is 14.4. The number of nitro groups is 1. The number of ether oxygens (including phenoxy) is 1. The fourth-order valence-corrected chi connectivity index (χ4v) is 3.84. The lowest BCUT2D eigenvalue weighted by molar-refractivity contribution is -0.384. The highest BCUT2D eigenvalue weighted by Gasteiger charge is 2.31. The summed E-state index contributed by atoms with van der Waals surface area (Å²) in [6.45, 7) is 1.06. The number of carbonyl (C=O) groups excluding carboxylic acids is 1. The van der Waals surface area contributed by atoms with Crippen molar-refractivity contribution in [2.75, 3.05) is 20.3 Å². The molecule has 3 rings (SSSR count). The number of hydrogen-bond acceptors (Lipinski definition) is 7. The van der Waals surface area contributed by atoms with Crippen LogP contribution >= 0.6 is 24.0 Å². The average molecular weight is 404 g/mol. The van der Waals surface area contributed by atoms with Crippen LogP contribution in [-0.2, 0) is 9.53 Å². The number of thiocarbonyl (C=S) groups is 1. The number of nitro benzene ring substituents is 1. The second-order valence-electron chi connectivity index (χ2n) is 5.69. The maximum absolute atomic E-state index is 12.5. The molecule has 0 unspecified atom stereocenters. The number of rotatable bonds is 7. The van der Waals surface area contributed by atoms with E-state index in [1.54, 1.807) is 42.4 Å². The highest BCUT2D eigenvalue weighted by molar-refractivity contribution is 8.26. The van der Waals surface area contributed by atoms with Crippen LogP contribution in [0.2, 0.25) is 0 Å². The summed E-state index contributed by atoms with van der Waals surface area (Å²) in [5, 5.41) is 10.9. The Morgan fingerprint density at radius 2 is 2.19 bits per heavy atom. The first kappa shape index (κ1) is 19.3. The molecule has 0 bridgehead atoms. The van der Waals surface area contributed by atoms with Gasteiger partial charge in [0.05, 0.1) is 9.83 Å². The third kappa shape index (κ3) is 4.44. The molecule has 0 N–H and O–H groups in total. The number of nitrogens with zero attached hydrogens (tertiary/aromatic N) is 2. The lowest BCUT2D eigenvalue weighted by atomic mass is 10.1. The van der Waals surface area contributed by atoms with Gasteiger partial charge in [0, 0.05) is 44.0 Å². The molecule has 0 radical (unpaired) electrons. The van der Waals surface area contributed by atoms with Gasteiger partial charge in [-0.15, -0.1) is 0 Å². The SMILES string of the molecule is COCCCN1C(=O)C(=Cc2ccc(-c3cccc([N+](=O)[O-])c3)o2)SC1=S. The van der Waals surface area contributed by atoms with E-state index in [0.717, 1.165) is 0 Å². The molecule has 0 saturated carbocycles. The fourth-order valence-electron chi connectivity index (χ4n) is 2.55. The van der Waals surface area contributed by atoms with E-state index in [2.05, 4.69) is 0 Å². The second-order valence-corrected chi connectivity index (χ2v) is 7.36. The van der Waals surface area contributed by atoms with Gasteiger partial charge in [-0.1, -0.05) is 36.1 Å². The minimum atomic E-state index is -0.456. The van der Waals surface area contributed by atoms with Crippen LogP contribution in [0.15, 0.2) is 45.7 Å². The molecule has 140 valence electrons. The Bertz CT molecular complexity index is 922. The molecule has 1 fully saturated rings. The summed E-state index contributed by atoms with van der Waals surface area (Å²) in [7, 11) is 1.61. The van der Waals surface area contributed by atoms with Gasteiger partial charge in [0.1, 0.15) is 15.8 Å². The van der Waals surface area contributed by atoms with Crippen LogP contribution in [-0.4, -0.2) is 40.3 Å². The topological polar surface area (TPSA) is 85.8 Å². The van der Waals surface area contributed by atoms with Crippen LogP contribution in [0.4, 0.5) is 5.69 Å². The fraction of sp³-hybridized carbons (Fsp3) is 0.222. The Kier molecular flexibility index (Phi) is 6.04. The number of methoxy groups -OCH3 is 1. The van der Waals surface area contributed by atoms with Crippen molar-refractivity contribution in [1.29, 1.82) is 0 Å². The van der Waals surface area contributed by atoms with E-state index >= 15 is 0 Å². The molecule has 27 heavy (non-hydrogen) atoms. The Balaban J connectivity index is 1.77. The Morgan fingerprint density at radius 3 is 2.93 bits per heavy atom. The predicted octanol–water partition coefficient (Wildman–Crippen LogP) is 4.09. The molecule has 0 spiro atoms. The molecule has 1 aromatic heterocycles. The molecule has 0 aliphatic carbocycles. The van der Waals surface area contributed by atoms with E-state index in [-0.39, 0.29) is 11.6 Å². The molecule has 1 amide bonds. The van der Waals surface area contributed by atoms with Crippen LogP contribution < -0.4 is 0 Å². The molecular weight excluding hydrogens is 388 g/mol. The van der Waals surface area contributed by atoms with E-state index in [1.165, 1.54) is 23.9 Å². The third-order valence-corrected chi connectivity index (χ3v) is 5.22. The molecule has 0 atom stereocenters. The summed E-state index contributed by atoms with van der Waals surface area (Å²) in [5.74, 6) is 0.809. The number of hydrogen-bond donors (Lipinski definition) is 0. The number of benzene rings is 1. The van der Waals surface area contributed by atoms with Crippen LogP contribution in [0.3, 0.4) is 0 Å². The Labute approximate surface area is 165 Å². The molecule has 1 saturated heterocycles. The van der Waals surface area contributed by atoms with E-state index < -0.39 is 4.92 Å². The van der Waals surface area contributed by atoms with Gasteiger partial charge in [-0.05, 0) is 18.6 Å². The molecular formula is C18H16N2O5S2. The normalized spacial score (nSPS) is 15.7. The number of thioether (sulfide) groups is 1. The smallest absolute Gasteiger partial charge is 0.270 e. The lowest BCUT2D eigenvalue weighted by Gasteiger charge is -2.13. The molecule has 2 aromatic rings. The van der Waals surface area contributed by atoms with Crippen molar-refractivity contribution in [2.45, 2.75) is 6.42 Å². The predicted molar refractivity (Wildman–Crippen MR) is 107 cm³/mol. The average Bonchev–Trinajstić information content (AvgIpc) is 3.22. The van der Waals surface area contributed by atoms with Crippen LogP contribution in [0.5, 0.6) is 0 Å². The van der Waals surface area contributed by atoms with Crippen molar-refractivity contribution < 1.29 is 18.9 Å². The van der Waals surface area contributed by atoms with Crippen molar-refractivity contribution >= 4 is 46.0 Å². The number of carbonyl (C=O) groups is 1. The molecule has 1 aliphatic heterocycles. The second kappa shape index (κ2) is 8.47. The molecule has 1 aliphatic rings. The lowest BCUT2D eigenvalue weighted by Crippen LogP contribution is -2.29. The highest BCUT2D eigenvalue weighted by Crippen LogP contribution is 2.34. The summed E-state index contributed by atoms with van der Waals surface area (Å²) in [6.07, 6.45) is 2.34. The third-order valence-electron chi connectivity index (χ3n) is 3.85. The van der Waals surface area contributed by atoms with Gasteiger partial charge in [-0.3, -0.25) is 19.8 Å². The van der Waals surface area contributed by atoms with E-state index in [9.17, 15) is 14.9 Å². The van der Waals surface area contributed by atoms with Crippen LogP contribution in [0, 0.1) is 10.1 Å². The van der Waals surface area contributed by atoms with Gasteiger partial charge < -0.3 is 9.15 Å². The minimum absolute atomic E-state index is 0.0117. The number of amides is 1. The van der Waals surface area contributed by atoms with Crippen molar-refractivity contribution in [3.05, 3.63) is 57.2 Å². The first-order valence-corrected chi connectivity index (χ1v) is 9.31. The van der Waals surface area contributed by atoms with Crippen molar-refractivity contribution in [3.8, 4) is 11.3 Å². The number of furan rings is 1. The Morgan fingerprint density at radius 1 is 1.37 bits per heavy atom. The highest BCUT2D eigenvalue weighted by atomic mass is 32.2. The van der Waals surface area contributed by atoms with E-state index in [0.29, 0.717) is 45.9 Å². The zero-order valence-corrected chi connectivity index (χ0v) is 16.0. The molecule has 2 heterocycles. The van der Waals surface area contributed by atoms with Crippen molar-refractivity contribution in [1.82, 2.24) is 4.90 Å². The van der Waals surface area contributed by atoms with Crippen molar-refractivity contribution in [3.63, 3.8) is 0 Å². The van der Waals surface area contributed by atoms with Crippen molar-refractivity contribution in [2.24, 2.45) is 0 Å². The summed E-state index contributed by atoms with van der Waals surface area (Å²) in [6, 6.07) is 9.61. The number of non-ortho nitro benzene ring substituents is 1. The maximum atomic E-state index is 12.5.